The molecule has 1 atom stereocenters. The quantitative estimate of drug-likeness (QED) is 0.240. The van der Waals surface area contributed by atoms with Gasteiger partial charge in [-0.05, 0) is 61.5 Å². The van der Waals surface area contributed by atoms with Crippen molar-refractivity contribution < 1.29 is 4.79 Å². The molecule has 1 amide bonds. The molecule has 5 aromatic rings. The predicted molar refractivity (Wildman–Crippen MR) is 161 cm³/mol. The second-order valence-corrected chi connectivity index (χ2v) is 11.9. The molecule has 1 fully saturated rings. The highest BCUT2D eigenvalue weighted by atomic mass is 35.5. The Morgan fingerprint density at radius 3 is 2.95 bits per heavy atom. The molecule has 0 radical (unpaired) electrons. The molecular formula is C29H32ClN9OS. The fourth-order valence-electron chi connectivity index (χ4n) is 5.25. The van der Waals surface area contributed by atoms with E-state index in [-0.39, 0.29) is 12.5 Å². The Balaban J connectivity index is 1.14. The molecule has 1 aromatic carbocycles. The number of nitrogens with one attached hydrogen (secondary N) is 2. The van der Waals surface area contributed by atoms with Crippen LogP contribution >= 0.6 is 23.1 Å². The van der Waals surface area contributed by atoms with Crippen molar-refractivity contribution in [3.8, 4) is 11.3 Å². The summed E-state index contributed by atoms with van der Waals surface area (Å²) in [6, 6.07) is 9.57. The fourth-order valence-corrected chi connectivity index (χ4v) is 6.11. The van der Waals surface area contributed by atoms with E-state index in [1.165, 1.54) is 24.4 Å². The van der Waals surface area contributed by atoms with Crippen LogP contribution in [0.25, 0.3) is 16.9 Å². The van der Waals surface area contributed by atoms with Gasteiger partial charge in [0, 0.05) is 42.6 Å². The van der Waals surface area contributed by atoms with E-state index < -0.39 is 0 Å². The first kappa shape index (κ1) is 27.4. The number of nitrogens with zero attached hydrogens (tertiary/aromatic N) is 7. The average Bonchev–Trinajstić information content (AvgIpc) is 3.68. The summed E-state index contributed by atoms with van der Waals surface area (Å²) in [6.07, 6.45) is 9.90. The summed E-state index contributed by atoms with van der Waals surface area (Å²) in [4.78, 5) is 24.4. The van der Waals surface area contributed by atoms with Crippen molar-refractivity contribution in [1.82, 2.24) is 38.7 Å². The second-order valence-electron chi connectivity index (χ2n) is 10.7. The number of hydrogen-bond acceptors (Lipinski definition) is 8. The van der Waals surface area contributed by atoms with E-state index >= 15 is 0 Å². The van der Waals surface area contributed by atoms with Crippen molar-refractivity contribution in [2.24, 2.45) is 5.92 Å². The van der Waals surface area contributed by atoms with Gasteiger partial charge < -0.3 is 10.6 Å². The second kappa shape index (κ2) is 12.0. The summed E-state index contributed by atoms with van der Waals surface area (Å²) in [5, 5.41) is 12.3. The van der Waals surface area contributed by atoms with Crippen LogP contribution in [-0.4, -0.2) is 52.4 Å². The summed E-state index contributed by atoms with van der Waals surface area (Å²) in [6.45, 7) is 7.86. The number of carbonyl (C=O) groups is 1. The number of likely N-dealkylation sites (tertiary alicyclic amines) is 1. The molecule has 41 heavy (non-hydrogen) atoms. The van der Waals surface area contributed by atoms with E-state index in [4.69, 9.17) is 16.6 Å². The minimum atomic E-state index is -0.150. The van der Waals surface area contributed by atoms with Gasteiger partial charge >= 0.3 is 0 Å². The zero-order valence-electron chi connectivity index (χ0n) is 23.0. The summed E-state index contributed by atoms with van der Waals surface area (Å²) in [7, 11) is 0. The molecule has 1 aliphatic rings. The standard InChI is InChI=1S/C29H32ClN9OS/c1-19-6-5-9-37(14-19)17-23-10-27(41-36-23)35-28-29-32-13-25(39(29)15-20(2)34-28)22-12-33-38(16-22)18-26(40)31-11-21-7-3-4-8-24(21)30/h3-4,7-8,10,12-13,15-16,19H,5-6,9,11,14,17-18H2,1-2H3,(H,31,40)(H,34,35). The molecule has 0 bridgehead atoms. The van der Waals surface area contributed by atoms with Gasteiger partial charge in [-0.2, -0.15) is 9.47 Å². The summed E-state index contributed by atoms with van der Waals surface area (Å²) in [5.74, 6) is 1.26. The molecule has 1 saturated heterocycles. The summed E-state index contributed by atoms with van der Waals surface area (Å²) in [5.41, 5.74) is 5.20. The molecule has 4 aromatic heterocycles. The van der Waals surface area contributed by atoms with E-state index in [0.717, 1.165) is 58.8 Å². The van der Waals surface area contributed by atoms with Gasteiger partial charge in [0.1, 0.15) is 11.5 Å². The van der Waals surface area contributed by atoms with Gasteiger partial charge in [0.25, 0.3) is 0 Å². The lowest BCUT2D eigenvalue weighted by atomic mass is 10.0. The van der Waals surface area contributed by atoms with Crippen molar-refractivity contribution in [2.45, 2.75) is 46.3 Å². The summed E-state index contributed by atoms with van der Waals surface area (Å²) < 4.78 is 8.30. The van der Waals surface area contributed by atoms with Crippen molar-refractivity contribution >= 4 is 45.5 Å². The first-order valence-corrected chi connectivity index (χ1v) is 14.9. The smallest absolute Gasteiger partial charge is 0.241 e. The molecule has 12 heteroatoms. The molecule has 6 rings (SSSR count). The Bertz CT molecular complexity index is 1680. The number of hydrogen-bond donors (Lipinski definition) is 2. The first-order chi connectivity index (χ1) is 19.9. The lowest BCUT2D eigenvalue weighted by Crippen LogP contribution is -2.33. The molecule has 2 N–H and O–H groups in total. The highest BCUT2D eigenvalue weighted by Gasteiger charge is 2.19. The van der Waals surface area contributed by atoms with Gasteiger partial charge in [0.15, 0.2) is 11.5 Å². The third-order valence-corrected chi connectivity index (χ3v) is 8.32. The van der Waals surface area contributed by atoms with E-state index in [1.54, 1.807) is 17.1 Å². The Kier molecular flexibility index (Phi) is 8.00. The number of rotatable bonds is 9. The zero-order chi connectivity index (χ0) is 28.3. The van der Waals surface area contributed by atoms with Gasteiger partial charge in [-0.25, -0.2) is 9.97 Å². The molecule has 0 aliphatic carbocycles. The van der Waals surface area contributed by atoms with Gasteiger partial charge in [-0.3, -0.25) is 18.8 Å². The van der Waals surface area contributed by atoms with Crippen LogP contribution in [-0.2, 0) is 24.4 Å². The number of imidazole rings is 1. The minimum absolute atomic E-state index is 0.0959. The SMILES string of the molecule is Cc1cn2c(-c3cnn(CC(=O)NCc4ccccc4Cl)c3)cnc2c(Nc2cc(CN3CCCC(C)C3)ns2)n1. The third-order valence-electron chi connectivity index (χ3n) is 7.21. The number of anilines is 2. The maximum absolute atomic E-state index is 12.5. The molecule has 0 spiro atoms. The molecule has 1 aliphatic heterocycles. The van der Waals surface area contributed by atoms with Crippen LogP contribution in [0, 0.1) is 12.8 Å². The van der Waals surface area contributed by atoms with E-state index in [1.807, 2.05) is 48.0 Å². The molecule has 1 unspecified atom stereocenters. The lowest BCUT2D eigenvalue weighted by Gasteiger charge is -2.30. The van der Waals surface area contributed by atoms with Crippen molar-refractivity contribution in [3.05, 3.63) is 77.1 Å². The fraction of sp³-hybridized carbons (Fsp3) is 0.345. The number of aryl methyl sites for hydroxylation is 1. The number of fused-ring (bicyclic) bond motifs is 1. The van der Waals surface area contributed by atoms with E-state index in [2.05, 4.69) is 43.0 Å². The van der Waals surface area contributed by atoms with Gasteiger partial charge in [-0.15, -0.1) is 0 Å². The van der Waals surface area contributed by atoms with Gasteiger partial charge in [0.05, 0.1) is 29.5 Å². The molecule has 0 saturated carbocycles. The number of piperidine rings is 1. The normalized spacial score (nSPS) is 15.8. The molecule has 10 nitrogen and oxygen atoms in total. The highest BCUT2D eigenvalue weighted by Crippen LogP contribution is 2.28. The minimum Gasteiger partial charge on any atom is -0.350 e. The summed E-state index contributed by atoms with van der Waals surface area (Å²) >= 11 is 7.63. The number of carbonyl (C=O) groups excluding carboxylic acids is 1. The topological polar surface area (TPSA) is 105 Å². The molecule has 5 heterocycles. The Morgan fingerprint density at radius 2 is 2.10 bits per heavy atom. The van der Waals surface area contributed by atoms with Crippen LogP contribution in [0.3, 0.4) is 0 Å². The van der Waals surface area contributed by atoms with Crippen molar-refractivity contribution in [1.29, 1.82) is 0 Å². The van der Waals surface area contributed by atoms with Crippen molar-refractivity contribution in [3.63, 3.8) is 0 Å². The van der Waals surface area contributed by atoms with Crippen LogP contribution in [0.1, 0.15) is 36.7 Å². The van der Waals surface area contributed by atoms with Gasteiger partial charge in [-0.1, -0.05) is 36.7 Å². The van der Waals surface area contributed by atoms with Crippen LogP contribution in [0.5, 0.6) is 0 Å². The maximum Gasteiger partial charge on any atom is 0.241 e. The van der Waals surface area contributed by atoms with E-state index in [0.29, 0.717) is 23.0 Å². The maximum atomic E-state index is 12.5. The molecule has 212 valence electrons. The average molecular weight is 590 g/mol. The van der Waals surface area contributed by atoms with Crippen LogP contribution in [0.4, 0.5) is 10.8 Å². The predicted octanol–water partition coefficient (Wildman–Crippen LogP) is 5.30. The van der Waals surface area contributed by atoms with Crippen LogP contribution in [0.2, 0.25) is 5.02 Å². The molecular weight excluding hydrogens is 558 g/mol. The van der Waals surface area contributed by atoms with E-state index in [9.17, 15) is 4.79 Å². The zero-order valence-corrected chi connectivity index (χ0v) is 24.6. The number of amides is 1. The number of halogens is 1. The Hall–Kier alpha value is -3.80. The first-order valence-electron chi connectivity index (χ1n) is 13.7. The van der Waals surface area contributed by atoms with Crippen LogP contribution in [0.15, 0.2) is 55.1 Å². The van der Waals surface area contributed by atoms with Gasteiger partial charge in [0.2, 0.25) is 5.91 Å². The monoisotopic (exact) mass is 589 g/mol. The number of benzene rings is 1. The Morgan fingerprint density at radius 1 is 1.22 bits per heavy atom. The van der Waals surface area contributed by atoms with Crippen LogP contribution < -0.4 is 10.6 Å². The highest BCUT2D eigenvalue weighted by molar-refractivity contribution is 7.10. The number of aromatic nitrogens is 6. The van der Waals surface area contributed by atoms with Crippen molar-refractivity contribution in [2.75, 3.05) is 18.4 Å². The largest absolute Gasteiger partial charge is 0.350 e. The third kappa shape index (κ3) is 6.42. The Labute approximate surface area is 247 Å². The lowest BCUT2D eigenvalue weighted by molar-refractivity contribution is -0.122.